The monoisotopic (exact) mass is 197 g/mol. The highest BCUT2D eigenvalue weighted by Crippen LogP contribution is 2.20. The quantitative estimate of drug-likeness (QED) is 0.679. The average molecular weight is 197 g/mol. The van der Waals surface area contributed by atoms with Crippen LogP contribution in [0.25, 0.3) is 11.1 Å². The Labute approximate surface area is 90.8 Å². The molecule has 0 unspecified atom stereocenters. The third kappa shape index (κ3) is 2.24. The Hall–Kier alpha value is -1.63. The van der Waals surface area contributed by atoms with Gasteiger partial charge in [0.25, 0.3) is 0 Å². The molecule has 0 amide bonds. The van der Waals surface area contributed by atoms with Crippen LogP contribution < -0.4 is 0 Å². The van der Waals surface area contributed by atoms with Crippen LogP contribution in [-0.4, -0.2) is 4.98 Å². The molecule has 1 heterocycles. The summed E-state index contributed by atoms with van der Waals surface area (Å²) in [6.07, 6.45) is 0. The van der Waals surface area contributed by atoms with Crippen molar-refractivity contribution in [3.63, 3.8) is 0 Å². The summed E-state index contributed by atoms with van der Waals surface area (Å²) >= 11 is 0. The van der Waals surface area contributed by atoms with Crippen molar-refractivity contribution in [1.29, 1.82) is 0 Å². The van der Waals surface area contributed by atoms with E-state index < -0.39 is 0 Å². The fourth-order valence-corrected chi connectivity index (χ4v) is 1.75. The Balaban J connectivity index is 2.49. The fourth-order valence-electron chi connectivity index (χ4n) is 1.75. The third-order valence-corrected chi connectivity index (χ3v) is 2.47. The topological polar surface area (TPSA) is 12.9 Å². The first kappa shape index (κ1) is 9.91. The van der Waals surface area contributed by atoms with Gasteiger partial charge >= 0.3 is 0 Å². The van der Waals surface area contributed by atoms with E-state index >= 15 is 0 Å². The zero-order valence-corrected chi connectivity index (χ0v) is 9.41. The molecule has 0 saturated carbocycles. The van der Waals surface area contributed by atoms with Crippen molar-refractivity contribution in [1.82, 2.24) is 4.98 Å². The summed E-state index contributed by atoms with van der Waals surface area (Å²) in [5.74, 6) is 0. The molecule has 15 heavy (non-hydrogen) atoms. The first-order valence-corrected chi connectivity index (χ1v) is 5.17. The maximum Gasteiger partial charge on any atom is 0.0382 e. The van der Waals surface area contributed by atoms with Crippen LogP contribution >= 0.6 is 0 Å². The van der Waals surface area contributed by atoms with E-state index in [1.165, 1.54) is 16.7 Å². The second-order valence-corrected chi connectivity index (χ2v) is 4.00. The molecular formula is C14H15N. The number of rotatable bonds is 1. The second-order valence-electron chi connectivity index (χ2n) is 4.00. The smallest absolute Gasteiger partial charge is 0.0382 e. The molecule has 0 fully saturated rings. The Kier molecular flexibility index (Phi) is 2.55. The predicted octanol–water partition coefficient (Wildman–Crippen LogP) is 3.67. The summed E-state index contributed by atoms with van der Waals surface area (Å²) in [7, 11) is 0. The minimum atomic E-state index is 1.07. The van der Waals surface area contributed by atoms with Crippen LogP contribution in [0.3, 0.4) is 0 Å². The van der Waals surface area contributed by atoms with E-state index in [-0.39, 0.29) is 0 Å². The minimum absolute atomic E-state index is 1.07. The Morgan fingerprint density at radius 3 is 1.80 bits per heavy atom. The van der Waals surface area contributed by atoms with E-state index in [1.807, 2.05) is 13.8 Å². The van der Waals surface area contributed by atoms with Crippen LogP contribution in [-0.2, 0) is 0 Å². The lowest BCUT2D eigenvalue weighted by molar-refractivity contribution is 1.12. The number of pyridine rings is 1. The third-order valence-electron chi connectivity index (χ3n) is 2.47. The lowest BCUT2D eigenvalue weighted by Crippen LogP contribution is -1.87. The van der Waals surface area contributed by atoms with Gasteiger partial charge in [0.05, 0.1) is 0 Å². The van der Waals surface area contributed by atoms with Crippen molar-refractivity contribution in [2.24, 2.45) is 0 Å². The zero-order valence-electron chi connectivity index (χ0n) is 9.41. The van der Waals surface area contributed by atoms with Gasteiger partial charge in [-0.2, -0.15) is 0 Å². The first-order valence-electron chi connectivity index (χ1n) is 5.17. The Morgan fingerprint density at radius 1 is 0.733 bits per heavy atom. The van der Waals surface area contributed by atoms with Crippen LogP contribution in [0.4, 0.5) is 0 Å². The molecule has 1 aromatic heterocycles. The van der Waals surface area contributed by atoms with Gasteiger partial charge in [0.2, 0.25) is 0 Å². The molecule has 2 rings (SSSR count). The molecule has 0 saturated heterocycles. The normalized spacial score (nSPS) is 10.3. The van der Waals surface area contributed by atoms with Gasteiger partial charge in [-0.3, -0.25) is 4.98 Å². The summed E-state index contributed by atoms with van der Waals surface area (Å²) in [4.78, 5) is 4.38. The molecule has 0 spiro atoms. The summed E-state index contributed by atoms with van der Waals surface area (Å²) < 4.78 is 0. The van der Waals surface area contributed by atoms with E-state index in [2.05, 4.69) is 48.3 Å². The lowest BCUT2D eigenvalue weighted by Gasteiger charge is -2.04. The molecule has 0 aliphatic rings. The zero-order chi connectivity index (χ0) is 10.8. The molecule has 0 bridgehead atoms. The maximum atomic E-state index is 4.38. The van der Waals surface area contributed by atoms with Crippen LogP contribution in [0.5, 0.6) is 0 Å². The molecule has 0 aliphatic carbocycles. The molecule has 1 aromatic carbocycles. The number of benzene rings is 1. The van der Waals surface area contributed by atoms with Gasteiger partial charge in [-0.25, -0.2) is 0 Å². The number of hydrogen-bond donors (Lipinski definition) is 0. The van der Waals surface area contributed by atoms with Crippen LogP contribution in [0.15, 0.2) is 36.4 Å². The molecule has 0 N–H and O–H groups in total. The van der Waals surface area contributed by atoms with Gasteiger partial charge in [0, 0.05) is 11.4 Å². The van der Waals surface area contributed by atoms with Crippen molar-refractivity contribution in [3.05, 3.63) is 53.3 Å². The first-order chi connectivity index (χ1) is 7.15. The molecular weight excluding hydrogens is 182 g/mol. The number of nitrogens with zero attached hydrogens (tertiary/aromatic N) is 1. The van der Waals surface area contributed by atoms with Gasteiger partial charge in [-0.1, -0.05) is 29.8 Å². The largest absolute Gasteiger partial charge is 0.258 e. The fraction of sp³-hybridized carbons (Fsp3) is 0.214. The van der Waals surface area contributed by atoms with Crippen molar-refractivity contribution >= 4 is 0 Å². The van der Waals surface area contributed by atoms with Crippen LogP contribution in [0.1, 0.15) is 17.0 Å². The standard InChI is InChI=1S/C14H15N/c1-10-4-6-13(7-5-10)14-8-11(2)15-12(3)9-14/h4-9H,1-3H3. The summed E-state index contributed by atoms with van der Waals surface area (Å²) in [5, 5.41) is 0. The molecule has 2 aromatic rings. The van der Waals surface area contributed by atoms with E-state index in [1.54, 1.807) is 0 Å². The predicted molar refractivity (Wildman–Crippen MR) is 63.9 cm³/mol. The molecule has 76 valence electrons. The highest BCUT2D eigenvalue weighted by molar-refractivity contribution is 5.64. The maximum absolute atomic E-state index is 4.38. The molecule has 1 nitrogen and oxygen atoms in total. The second kappa shape index (κ2) is 3.85. The minimum Gasteiger partial charge on any atom is -0.258 e. The summed E-state index contributed by atoms with van der Waals surface area (Å²) in [5.41, 5.74) is 5.95. The van der Waals surface area contributed by atoms with Gasteiger partial charge < -0.3 is 0 Å². The Bertz CT molecular complexity index is 449. The van der Waals surface area contributed by atoms with Gasteiger partial charge in [0.15, 0.2) is 0 Å². The van der Waals surface area contributed by atoms with Crippen LogP contribution in [0.2, 0.25) is 0 Å². The lowest BCUT2D eigenvalue weighted by atomic mass is 10.0. The summed E-state index contributed by atoms with van der Waals surface area (Å²) in [6.45, 7) is 6.17. The number of aromatic nitrogens is 1. The van der Waals surface area contributed by atoms with E-state index in [0.29, 0.717) is 0 Å². The molecule has 0 atom stereocenters. The van der Waals surface area contributed by atoms with Crippen molar-refractivity contribution < 1.29 is 0 Å². The Morgan fingerprint density at radius 2 is 1.27 bits per heavy atom. The van der Waals surface area contributed by atoms with E-state index in [9.17, 15) is 0 Å². The van der Waals surface area contributed by atoms with Gasteiger partial charge in [-0.15, -0.1) is 0 Å². The molecule has 0 aliphatic heterocycles. The van der Waals surface area contributed by atoms with Crippen molar-refractivity contribution in [3.8, 4) is 11.1 Å². The number of aryl methyl sites for hydroxylation is 3. The summed E-state index contributed by atoms with van der Waals surface area (Å²) in [6, 6.07) is 12.8. The van der Waals surface area contributed by atoms with Gasteiger partial charge in [-0.05, 0) is 44.0 Å². The van der Waals surface area contributed by atoms with Crippen LogP contribution in [0, 0.1) is 20.8 Å². The highest BCUT2D eigenvalue weighted by Gasteiger charge is 1.99. The molecule has 0 radical (unpaired) electrons. The van der Waals surface area contributed by atoms with Crippen molar-refractivity contribution in [2.45, 2.75) is 20.8 Å². The SMILES string of the molecule is Cc1ccc(-c2cc(C)nc(C)c2)cc1. The average Bonchev–Trinajstić information content (AvgIpc) is 2.17. The highest BCUT2D eigenvalue weighted by atomic mass is 14.7. The van der Waals surface area contributed by atoms with E-state index in [0.717, 1.165) is 11.4 Å². The van der Waals surface area contributed by atoms with E-state index in [4.69, 9.17) is 0 Å². The van der Waals surface area contributed by atoms with Gasteiger partial charge in [0.1, 0.15) is 0 Å². The molecule has 1 heteroatoms. The number of hydrogen-bond acceptors (Lipinski definition) is 1. The van der Waals surface area contributed by atoms with Crippen molar-refractivity contribution in [2.75, 3.05) is 0 Å².